The predicted octanol–water partition coefficient (Wildman–Crippen LogP) is 3.40. The van der Waals surface area contributed by atoms with Gasteiger partial charge < -0.3 is 9.73 Å². The van der Waals surface area contributed by atoms with Crippen LogP contribution >= 0.6 is 0 Å². The highest BCUT2D eigenvalue weighted by Crippen LogP contribution is 2.27. The van der Waals surface area contributed by atoms with E-state index in [1.807, 2.05) is 12.1 Å². The molecule has 0 fully saturated rings. The second-order valence-electron chi connectivity index (χ2n) is 5.90. The van der Waals surface area contributed by atoms with E-state index in [4.69, 9.17) is 4.42 Å². The van der Waals surface area contributed by atoms with Gasteiger partial charge in [-0.25, -0.2) is 13.4 Å². The first kappa shape index (κ1) is 17.0. The number of nitrogens with one attached hydrogen (secondary N) is 2. The van der Waals surface area contributed by atoms with E-state index in [1.165, 1.54) is 0 Å². The zero-order valence-electron chi connectivity index (χ0n) is 14.2. The number of pyridine rings is 2. The molecule has 0 aliphatic heterocycles. The lowest BCUT2D eigenvalue weighted by atomic mass is 10.2. The maximum Gasteiger partial charge on any atom is 0.299 e. The number of nitrogens with zero attached hydrogens (tertiary/aromatic N) is 3. The summed E-state index contributed by atoms with van der Waals surface area (Å²) in [6.45, 7) is 0. The lowest BCUT2D eigenvalue weighted by molar-refractivity contribution is 0.592. The first-order chi connectivity index (χ1) is 13.0. The number of oxazole rings is 1. The molecule has 0 unspecified atom stereocenters. The van der Waals surface area contributed by atoms with Crippen molar-refractivity contribution in [2.45, 2.75) is 0 Å². The van der Waals surface area contributed by atoms with Crippen molar-refractivity contribution in [3.05, 3.63) is 61.2 Å². The Bertz CT molecular complexity index is 1220. The van der Waals surface area contributed by atoms with Crippen LogP contribution in [0.4, 0.5) is 17.4 Å². The molecule has 3 aromatic heterocycles. The molecular weight excluding hydrogens is 366 g/mol. The van der Waals surface area contributed by atoms with Gasteiger partial charge >= 0.3 is 0 Å². The molecule has 0 aliphatic carbocycles. The van der Waals surface area contributed by atoms with Gasteiger partial charge in [0, 0.05) is 29.0 Å². The van der Waals surface area contributed by atoms with Crippen LogP contribution in [0.25, 0.3) is 22.2 Å². The Hall–Kier alpha value is -3.46. The van der Waals surface area contributed by atoms with Gasteiger partial charge in [0.05, 0.1) is 29.9 Å². The maximum atomic E-state index is 11.4. The van der Waals surface area contributed by atoms with E-state index in [9.17, 15) is 8.42 Å². The van der Waals surface area contributed by atoms with Crippen molar-refractivity contribution in [2.24, 2.45) is 0 Å². The van der Waals surface area contributed by atoms with E-state index >= 15 is 0 Å². The van der Waals surface area contributed by atoms with Crippen molar-refractivity contribution in [3.8, 4) is 11.3 Å². The van der Waals surface area contributed by atoms with Crippen LogP contribution in [0.15, 0.2) is 65.6 Å². The molecule has 0 saturated carbocycles. The van der Waals surface area contributed by atoms with Gasteiger partial charge in [-0.05, 0) is 30.3 Å². The molecule has 0 radical (unpaired) electrons. The summed E-state index contributed by atoms with van der Waals surface area (Å²) >= 11 is 0. The molecule has 136 valence electrons. The van der Waals surface area contributed by atoms with Crippen LogP contribution in [0.2, 0.25) is 0 Å². The minimum Gasteiger partial charge on any atom is -0.423 e. The second-order valence-corrected chi connectivity index (χ2v) is 7.65. The highest BCUT2D eigenvalue weighted by Gasteiger charge is 2.09. The second kappa shape index (κ2) is 6.69. The molecule has 0 spiro atoms. The van der Waals surface area contributed by atoms with E-state index in [-0.39, 0.29) is 6.01 Å². The van der Waals surface area contributed by atoms with Crippen molar-refractivity contribution >= 4 is 38.3 Å². The lowest BCUT2D eigenvalue weighted by Gasteiger charge is -2.06. The van der Waals surface area contributed by atoms with E-state index in [0.29, 0.717) is 17.1 Å². The number of fused-ring (bicyclic) bond motifs is 1. The third-order valence-electron chi connectivity index (χ3n) is 3.69. The number of sulfonamides is 1. The summed E-state index contributed by atoms with van der Waals surface area (Å²) in [5.74, 6) is 0.564. The summed E-state index contributed by atoms with van der Waals surface area (Å²) in [6, 6.07) is 10.9. The fourth-order valence-corrected chi connectivity index (χ4v) is 3.12. The van der Waals surface area contributed by atoms with Gasteiger partial charge in [-0.2, -0.15) is 0 Å². The van der Waals surface area contributed by atoms with Crippen molar-refractivity contribution < 1.29 is 12.8 Å². The molecule has 1 aromatic carbocycles. The fourth-order valence-electron chi connectivity index (χ4n) is 2.57. The largest absolute Gasteiger partial charge is 0.423 e. The van der Waals surface area contributed by atoms with Gasteiger partial charge in [0.1, 0.15) is 0 Å². The topological polar surface area (TPSA) is 110 Å². The molecule has 27 heavy (non-hydrogen) atoms. The van der Waals surface area contributed by atoms with Gasteiger partial charge in [-0.3, -0.25) is 14.7 Å². The summed E-state index contributed by atoms with van der Waals surface area (Å²) in [7, 11) is -3.34. The lowest BCUT2D eigenvalue weighted by Crippen LogP contribution is -2.09. The normalized spacial score (nSPS) is 11.4. The molecule has 0 saturated heterocycles. The zero-order chi connectivity index (χ0) is 18.9. The smallest absolute Gasteiger partial charge is 0.299 e. The van der Waals surface area contributed by atoms with Crippen LogP contribution in [0.1, 0.15) is 0 Å². The minimum absolute atomic E-state index is 0.288. The third kappa shape index (κ3) is 4.04. The number of anilines is 3. The maximum absolute atomic E-state index is 11.4. The van der Waals surface area contributed by atoms with Gasteiger partial charge in [-0.1, -0.05) is 6.07 Å². The van der Waals surface area contributed by atoms with Crippen LogP contribution in [-0.2, 0) is 10.0 Å². The third-order valence-corrected chi connectivity index (χ3v) is 4.30. The zero-order valence-corrected chi connectivity index (χ0v) is 15.1. The minimum atomic E-state index is -3.34. The van der Waals surface area contributed by atoms with E-state index in [2.05, 4.69) is 25.0 Å². The number of rotatable bonds is 5. The molecular formula is C18H15N5O3S. The van der Waals surface area contributed by atoms with Gasteiger partial charge in [-0.15, -0.1) is 0 Å². The highest BCUT2D eigenvalue weighted by atomic mass is 32.2. The number of hydrogen-bond acceptors (Lipinski definition) is 7. The van der Waals surface area contributed by atoms with Crippen molar-refractivity contribution in [1.82, 2.24) is 15.0 Å². The van der Waals surface area contributed by atoms with E-state index in [1.54, 1.807) is 49.1 Å². The first-order valence-corrected chi connectivity index (χ1v) is 9.86. The van der Waals surface area contributed by atoms with Gasteiger partial charge in [0.2, 0.25) is 10.0 Å². The summed E-state index contributed by atoms with van der Waals surface area (Å²) in [4.78, 5) is 12.6. The quantitative estimate of drug-likeness (QED) is 0.545. The molecule has 8 nitrogen and oxygen atoms in total. The Morgan fingerprint density at radius 1 is 1.00 bits per heavy atom. The van der Waals surface area contributed by atoms with Crippen LogP contribution in [-0.4, -0.2) is 29.6 Å². The SMILES string of the molecule is CS(=O)(=O)Nc1cccc(Nc2ncc(-c3cnc4cnccc4c3)o2)c1. The summed E-state index contributed by atoms with van der Waals surface area (Å²) < 4.78 is 30.9. The Morgan fingerprint density at radius 2 is 1.85 bits per heavy atom. The van der Waals surface area contributed by atoms with Crippen molar-refractivity contribution in [1.29, 1.82) is 0 Å². The Balaban J connectivity index is 1.56. The number of hydrogen-bond donors (Lipinski definition) is 2. The average Bonchev–Trinajstić information content (AvgIpc) is 3.08. The van der Waals surface area contributed by atoms with Crippen molar-refractivity contribution in [3.63, 3.8) is 0 Å². The molecule has 4 rings (SSSR count). The summed E-state index contributed by atoms with van der Waals surface area (Å²) in [5, 5.41) is 3.97. The average molecular weight is 381 g/mol. The number of benzene rings is 1. The van der Waals surface area contributed by atoms with Crippen LogP contribution < -0.4 is 10.0 Å². The molecule has 0 amide bonds. The van der Waals surface area contributed by atoms with Gasteiger partial charge in [0.15, 0.2) is 5.76 Å². The standard InChI is InChI=1S/C18H15N5O3S/c1-27(24,25)23-15-4-2-3-14(8-15)22-18-21-11-17(26-18)13-7-12-5-6-19-10-16(12)20-9-13/h2-11,23H,1H3,(H,21,22). The number of aromatic nitrogens is 3. The van der Waals surface area contributed by atoms with Gasteiger partial charge in [0.25, 0.3) is 6.01 Å². The molecule has 0 aliphatic rings. The molecule has 0 bridgehead atoms. The molecule has 9 heteroatoms. The summed E-state index contributed by atoms with van der Waals surface area (Å²) in [6.07, 6.45) is 7.81. The van der Waals surface area contributed by atoms with Crippen LogP contribution in [0.3, 0.4) is 0 Å². The molecule has 3 heterocycles. The molecule has 0 atom stereocenters. The van der Waals surface area contributed by atoms with Crippen LogP contribution in [0, 0.1) is 0 Å². The molecule has 4 aromatic rings. The Labute approximate surface area is 155 Å². The predicted molar refractivity (Wildman–Crippen MR) is 103 cm³/mol. The Kier molecular flexibility index (Phi) is 4.21. The molecule has 2 N–H and O–H groups in total. The van der Waals surface area contributed by atoms with Crippen molar-refractivity contribution in [2.75, 3.05) is 16.3 Å². The first-order valence-electron chi connectivity index (χ1n) is 7.97. The van der Waals surface area contributed by atoms with E-state index in [0.717, 1.165) is 22.7 Å². The monoisotopic (exact) mass is 381 g/mol. The Morgan fingerprint density at radius 3 is 2.70 bits per heavy atom. The fraction of sp³-hybridized carbons (Fsp3) is 0.0556. The highest BCUT2D eigenvalue weighted by molar-refractivity contribution is 7.92. The van der Waals surface area contributed by atoms with E-state index < -0.39 is 10.0 Å². The summed E-state index contributed by atoms with van der Waals surface area (Å²) in [5.41, 5.74) is 2.68. The van der Waals surface area contributed by atoms with Crippen LogP contribution in [0.5, 0.6) is 0 Å².